The standard InChI is InChI=1S/C22H29N3O3S/c1-16-12-17(2)14-20(13-16)23-18(3)22(26)24-19-8-7-9-21(15-19)29(27,28)25-10-5-4-6-11-25/h7-9,12-15,18,23H,4-6,10-11H2,1-3H3,(H,24,26). The van der Waals surface area contributed by atoms with Crippen molar-refractivity contribution in [1.29, 1.82) is 0 Å². The molecular formula is C22H29N3O3S. The van der Waals surface area contributed by atoms with Crippen molar-refractivity contribution in [2.75, 3.05) is 23.7 Å². The fourth-order valence-electron chi connectivity index (χ4n) is 3.61. The van der Waals surface area contributed by atoms with Gasteiger partial charge in [0.2, 0.25) is 15.9 Å². The fourth-order valence-corrected chi connectivity index (χ4v) is 5.18. The number of carbonyl (C=O) groups excluding carboxylic acids is 1. The summed E-state index contributed by atoms with van der Waals surface area (Å²) in [6.45, 7) is 6.90. The van der Waals surface area contributed by atoms with Crippen LogP contribution >= 0.6 is 0 Å². The van der Waals surface area contributed by atoms with E-state index in [0.29, 0.717) is 18.8 Å². The number of nitrogens with zero attached hydrogens (tertiary/aromatic N) is 1. The van der Waals surface area contributed by atoms with E-state index in [2.05, 4.69) is 16.7 Å². The van der Waals surface area contributed by atoms with E-state index < -0.39 is 16.1 Å². The first-order valence-corrected chi connectivity index (χ1v) is 11.5. The number of benzene rings is 2. The zero-order valence-corrected chi connectivity index (χ0v) is 18.1. The van der Waals surface area contributed by atoms with E-state index in [1.807, 2.05) is 26.0 Å². The van der Waals surface area contributed by atoms with Gasteiger partial charge < -0.3 is 10.6 Å². The van der Waals surface area contributed by atoms with E-state index in [-0.39, 0.29) is 10.8 Å². The second-order valence-electron chi connectivity index (χ2n) is 7.72. The monoisotopic (exact) mass is 415 g/mol. The minimum atomic E-state index is -3.53. The van der Waals surface area contributed by atoms with Gasteiger partial charge >= 0.3 is 0 Å². The summed E-state index contributed by atoms with van der Waals surface area (Å²) in [6, 6.07) is 12.1. The Morgan fingerprint density at radius 1 is 0.966 bits per heavy atom. The maximum absolute atomic E-state index is 12.9. The lowest BCUT2D eigenvalue weighted by atomic mass is 10.1. The van der Waals surface area contributed by atoms with Gasteiger partial charge in [-0.05, 0) is 75.1 Å². The fraction of sp³-hybridized carbons (Fsp3) is 0.409. The molecule has 0 saturated carbocycles. The summed E-state index contributed by atoms with van der Waals surface area (Å²) in [4.78, 5) is 12.8. The number of amides is 1. The lowest BCUT2D eigenvalue weighted by Crippen LogP contribution is -2.35. The predicted octanol–water partition coefficient (Wildman–Crippen LogP) is 3.92. The molecule has 2 aromatic carbocycles. The molecule has 7 heteroatoms. The summed E-state index contributed by atoms with van der Waals surface area (Å²) in [5.74, 6) is -0.225. The van der Waals surface area contributed by atoms with Gasteiger partial charge in [-0.15, -0.1) is 0 Å². The van der Waals surface area contributed by atoms with Gasteiger partial charge in [0.1, 0.15) is 6.04 Å². The molecule has 3 rings (SSSR count). The predicted molar refractivity (Wildman–Crippen MR) is 117 cm³/mol. The number of aryl methyl sites for hydroxylation is 2. The van der Waals surface area contributed by atoms with Crippen LogP contribution in [0.25, 0.3) is 0 Å². The lowest BCUT2D eigenvalue weighted by Gasteiger charge is -2.26. The highest BCUT2D eigenvalue weighted by atomic mass is 32.2. The van der Waals surface area contributed by atoms with Crippen molar-refractivity contribution in [2.45, 2.75) is 51.0 Å². The third kappa shape index (κ3) is 5.36. The minimum Gasteiger partial charge on any atom is -0.374 e. The number of anilines is 2. The first-order chi connectivity index (χ1) is 13.8. The van der Waals surface area contributed by atoms with Gasteiger partial charge in [-0.25, -0.2) is 8.42 Å². The second kappa shape index (κ2) is 8.97. The van der Waals surface area contributed by atoms with Crippen LogP contribution in [0.5, 0.6) is 0 Å². The molecule has 29 heavy (non-hydrogen) atoms. The van der Waals surface area contributed by atoms with Crippen LogP contribution in [0.1, 0.15) is 37.3 Å². The summed E-state index contributed by atoms with van der Waals surface area (Å²) in [5.41, 5.74) is 3.60. The third-order valence-corrected chi connectivity index (χ3v) is 6.95. The number of sulfonamides is 1. The number of rotatable bonds is 6. The number of carbonyl (C=O) groups is 1. The Morgan fingerprint density at radius 2 is 1.62 bits per heavy atom. The van der Waals surface area contributed by atoms with Crippen molar-refractivity contribution >= 4 is 27.3 Å². The van der Waals surface area contributed by atoms with E-state index in [1.165, 1.54) is 10.4 Å². The van der Waals surface area contributed by atoms with Gasteiger partial charge in [-0.2, -0.15) is 4.31 Å². The van der Waals surface area contributed by atoms with Crippen LogP contribution in [-0.2, 0) is 14.8 Å². The Kier molecular flexibility index (Phi) is 6.59. The highest BCUT2D eigenvalue weighted by Gasteiger charge is 2.26. The molecule has 1 aliphatic rings. The normalized spacial score (nSPS) is 16.2. The molecule has 0 spiro atoms. The molecule has 6 nitrogen and oxygen atoms in total. The highest BCUT2D eigenvalue weighted by Crippen LogP contribution is 2.23. The molecule has 0 aromatic heterocycles. The van der Waals surface area contributed by atoms with Crippen LogP contribution < -0.4 is 10.6 Å². The first kappa shape index (κ1) is 21.3. The molecular weight excluding hydrogens is 386 g/mol. The SMILES string of the molecule is Cc1cc(C)cc(NC(C)C(=O)Nc2cccc(S(=O)(=O)N3CCCCC3)c2)c1. The Morgan fingerprint density at radius 3 is 2.28 bits per heavy atom. The van der Waals surface area contributed by atoms with Gasteiger partial charge in [-0.3, -0.25) is 4.79 Å². The summed E-state index contributed by atoms with van der Waals surface area (Å²) >= 11 is 0. The molecule has 1 fully saturated rings. The Labute approximate surface area is 173 Å². The number of nitrogens with one attached hydrogen (secondary N) is 2. The summed E-state index contributed by atoms with van der Waals surface area (Å²) in [5, 5.41) is 6.02. The van der Waals surface area contributed by atoms with Gasteiger partial charge in [0.15, 0.2) is 0 Å². The van der Waals surface area contributed by atoms with E-state index in [1.54, 1.807) is 25.1 Å². The van der Waals surface area contributed by atoms with Gasteiger partial charge in [0.25, 0.3) is 0 Å². The Hall–Kier alpha value is -2.38. The minimum absolute atomic E-state index is 0.215. The summed E-state index contributed by atoms with van der Waals surface area (Å²) in [6.07, 6.45) is 2.84. The van der Waals surface area contributed by atoms with E-state index >= 15 is 0 Å². The molecule has 0 radical (unpaired) electrons. The molecule has 1 heterocycles. The lowest BCUT2D eigenvalue weighted by molar-refractivity contribution is -0.116. The molecule has 2 N–H and O–H groups in total. The van der Waals surface area contributed by atoms with Crippen LogP contribution in [0.3, 0.4) is 0 Å². The molecule has 0 bridgehead atoms. The van der Waals surface area contributed by atoms with Crippen molar-refractivity contribution in [3.63, 3.8) is 0 Å². The average molecular weight is 416 g/mol. The van der Waals surface area contributed by atoms with Crippen molar-refractivity contribution in [2.24, 2.45) is 0 Å². The van der Waals surface area contributed by atoms with E-state index in [4.69, 9.17) is 0 Å². The molecule has 1 atom stereocenters. The van der Waals surface area contributed by atoms with Crippen molar-refractivity contribution < 1.29 is 13.2 Å². The molecule has 2 aromatic rings. The number of piperidine rings is 1. The van der Waals surface area contributed by atoms with Crippen LogP contribution in [0.4, 0.5) is 11.4 Å². The van der Waals surface area contributed by atoms with E-state index in [9.17, 15) is 13.2 Å². The zero-order valence-electron chi connectivity index (χ0n) is 17.2. The van der Waals surface area contributed by atoms with Crippen LogP contribution in [-0.4, -0.2) is 37.8 Å². The van der Waals surface area contributed by atoms with Crippen molar-refractivity contribution in [3.05, 3.63) is 53.6 Å². The highest BCUT2D eigenvalue weighted by molar-refractivity contribution is 7.89. The molecule has 1 saturated heterocycles. The van der Waals surface area contributed by atoms with Crippen molar-refractivity contribution in [1.82, 2.24) is 4.31 Å². The molecule has 0 aliphatic carbocycles. The maximum Gasteiger partial charge on any atom is 0.246 e. The maximum atomic E-state index is 12.9. The largest absolute Gasteiger partial charge is 0.374 e. The molecule has 156 valence electrons. The van der Waals surface area contributed by atoms with E-state index in [0.717, 1.165) is 36.1 Å². The third-order valence-electron chi connectivity index (χ3n) is 5.05. The van der Waals surface area contributed by atoms with Gasteiger partial charge in [0.05, 0.1) is 4.90 Å². The quantitative estimate of drug-likeness (QED) is 0.750. The van der Waals surface area contributed by atoms with Crippen LogP contribution in [0.2, 0.25) is 0 Å². The average Bonchev–Trinajstić information content (AvgIpc) is 2.68. The molecule has 1 amide bonds. The summed E-state index contributed by atoms with van der Waals surface area (Å²) in [7, 11) is -3.53. The Balaban J connectivity index is 1.69. The smallest absolute Gasteiger partial charge is 0.246 e. The number of hydrogen-bond donors (Lipinski definition) is 2. The zero-order chi connectivity index (χ0) is 21.0. The van der Waals surface area contributed by atoms with Crippen molar-refractivity contribution in [3.8, 4) is 0 Å². The first-order valence-electron chi connectivity index (χ1n) is 10.0. The Bertz CT molecular complexity index is 962. The van der Waals surface area contributed by atoms with Gasteiger partial charge in [0, 0.05) is 24.5 Å². The number of hydrogen-bond acceptors (Lipinski definition) is 4. The topological polar surface area (TPSA) is 78.5 Å². The van der Waals surface area contributed by atoms with Crippen LogP contribution in [0, 0.1) is 13.8 Å². The van der Waals surface area contributed by atoms with Gasteiger partial charge in [-0.1, -0.05) is 18.6 Å². The summed E-state index contributed by atoms with van der Waals surface area (Å²) < 4.78 is 27.3. The molecule has 1 unspecified atom stereocenters. The van der Waals surface area contributed by atoms with Crippen LogP contribution in [0.15, 0.2) is 47.4 Å². The molecule has 1 aliphatic heterocycles. The second-order valence-corrected chi connectivity index (χ2v) is 9.66.